The highest BCUT2D eigenvalue weighted by molar-refractivity contribution is 7.11. The molecule has 34 heavy (non-hydrogen) atoms. The maximum atomic E-state index is 13.5. The maximum absolute atomic E-state index is 13.5. The van der Waals surface area contributed by atoms with E-state index in [1.165, 1.54) is 35.2 Å². The third-order valence-corrected chi connectivity index (χ3v) is 6.63. The number of amides is 3. The summed E-state index contributed by atoms with van der Waals surface area (Å²) in [5, 5.41) is 2.71. The maximum Gasteiger partial charge on any atom is 0.322 e. The van der Waals surface area contributed by atoms with Gasteiger partial charge in [0, 0.05) is 28.5 Å². The van der Waals surface area contributed by atoms with E-state index in [0.717, 1.165) is 28.2 Å². The minimum absolute atomic E-state index is 0.0940. The number of carbonyl (C=O) groups is 2. The van der Waals surface area contributed by atoms with E-state index in [-0.39, 0.29) is 18.3 Å². The van der Waals surface area contributed by atoms with Gasteiger partial charge in [-0.15, -0.1) is 11.3 Å². The first kappa shape index (κ1) is 23.9. The zero-order valence-corrected chi connectivity index (χ0v) is 19.8. The Hall–Kier alpha value is -3.26. The molecular weight excluding hydrogens is 456 g/mol. The summed E-state index contributed by atoms with van der Waals surface area (Å²) in [6, 6.07) is 15.3. The SMILES string of the molecule is Cc1ccc(CN(Cc2ccc(F)cc2)C(=O)CN(CC2CC2)C(=O)Nc2cccc(F)c2)s1. The van der Waals surface area contributed by atoms with Gasteiger partial charge in [0.2, 0.25) is 5.91 Å². The molecule has 1 aromatic heterocycles. The summed E-state index contributed by atoms with van der Waals surface area (Å²) in [4.78, 5) is 31.8. The lowest BCUT2D eigenvalue weighted by Gasteiger charge is -2.28. The monoisotopic (exact) mass is 483 g/mol. The fourth-order valence-electron chi connectivity index (χ4n) is 3.66. The summed E-state index contributed by atoms with van der Waals surface area (Å²) < 4.78 is 26.9. The Kier molecular flexibility index (Phi) is 7.57. The van der Waals surface area contributed by atoms with E-state index in [2.05, 4.69) is 5.32 Å². The number of hydrogen-bond acceptors (Lipinski definition) is 3. The van der Waals surface area contributed by atoms with E-state index >= 15 is 0 Å². The van der Waals surface area contributed by atoms with Crippen LogP contribution < -0.4 is 5.32 Å². The Labute approximate surface area is 202 Å². The van der Waals surface area contributed by atoms with Crippen molar-refractivity contribution in [3.05, 3.63) is 87.6 Å². The number of urea groups is 1. The molecule has 4 rings (SSSR count). The van der Waals surface area contributed by atoms with Crippen LogP contribution in [0.5, 0.6) is 0 Å². The van der Waals surface area contributed by atoms with Gasteiger partial charge in [0.15, 0.2) is 0 Å². The van der Waals surface area contributed by atoms with Gasteiger partial charge in [-0.25, -0.2) is 13.6 Å². The van der Waals surface area contributed by atoms with Gasteiger partial charge < -0.3 is 15.1 Å². The summed E-state index contributed by atoms with van der Waals surface area (Å²) >= 11 is 1.61. The number of halogens is 2. The normalized spacial score (nSPS) is 12.9. The van der Waals surface area contributed by atoms with E-state index < -0.39 is 11.8 Å². The molecule has 3 aromatic rings. The summed E-state index contributed by atoms with van der Waals surface area (Å²) in [6.45, 7) is 3.09. The molecule has 1 aliphatic carbocycles. The van der Waals surface area contributed by atoms with Gasteiger partial charge in [0.25, 0.3) is 0 Å². The van der Waals surface area contributed by atoms with E-state index in [4.69, 9.17) is 0 Å². The quantitative estimate of drug-likeness (QED) is 0.418. The summed E-state index contributed by atoms with van der Waals surface area (Å²) in [7, 11) is 0. The molecule has 1 fully saturated rings. The molecule has 1 N–H and O–H groups in total. The average Bonchev–Trinajstić information content (AvgIpc) is 3.53. The zero-order chi connectivity index (χ0) is 24.1. The molecular formula is C26H27F2N3O2S. The van der Waals surface area contributed by atoms with Gasteiger partial charge in [-0.3, -0.25) is 4.79 Å². The van der Waals surface area contributed by atoms with Gasteiger partial charge in [-0.1, -0.05) is 18.2 Å². The molecule has 8 heteroatoms. The van der Waals surface area contributed by atoms with Crippen molar-refractivity contribution in [3.8, 4) is 0 Å². The second-order valence-electron chi connectivity index (χ2n) is 8.65. The van der Waals surface area contributed by atoms with Crippen LogP contribution in [0.25, 0.3) is 0 Å². The topological polar surface area (TPSA) is 52.7 Å². The van der Waals surface area contributed by atoms with Crippen molar-refractivity contribution in [2.24, 2.45) is 5.92 Å². The fourth-order valence-corrected chi connectivity index (χ4v) is 4.57. The van der Waals surface area contributed by atoms with Crippen LogP contribution in [0.4, 0.5) is 19.3 Å². The first-order valence-electron chi connectivity index (χ1n) is 11.2. The number of anilines is 1. The molecule has 0 atom stereocenters. The predicted octanol–water partition coefficient (Wildman–Crippen LogP) is 5.81. The van der Waals surface area contributed by atoms with Crippen molar-refractivity contribution in [2.75, 3.05) is 18.4 Å². The van der Waals surface area contributed by atoms with Crippen molar-refractivity contribution in [1.29, 1.82) is 0 Å². The molecule has 3 amide bonds. The van der Waals surface area contributed by atoms with Crippen molar-refractivity contribution in [2.45, 2.75) is 32.9 Å². The number of carbonyl (C=O) groups excluding carboxylic acids is 2. The number of aryl methyl sites for hydroxylation is 1. The van der Waals surface area contributed by atoms with Crippen LogP contribution in [-0.4, -0.2) is 34.8 Å². The minimum Gasteiger partial charge on any atom is -0.332 e. The van der Waals surface area contributed by atoms with E-state index in [1.807, 2.05) is 19.1 Å². The summed E-state index contributed by atoms with van der Waals surface area (Å²) in [6.07, 6.45) is 2.04. The van der Waals surface area contributed by atoms with Crippen LogP contribution in [-0.2, 0) is 17.9 Å². The number of nitrogens with one attached hydrogen (secondary N) is 1. The fraction of sp³-hybridized carbons (Fsp3) is 0.308. The molecule has 0 aliphatic heterocycles. The predicted molar refractivity (Wildman–Crippen MR) is 129 cm³/mol. The lowest BCUT2D eigenvalue weighted by Crippen LogP contribution is -2.45. The van der Waals surface area contributed by atoms with Gasteiger partial charge in [0.1, 0.15) is 18.2 Å². The molecule has 1 heterocycles. The van der Waals surface area contributed by atoms with Crippen LogP contribution in [0.2, 0.25) is 0 Å². The molecule has 1 saturated carbocycles. The van der Waals surface area contributed by atoms with Crippen LogP contribution >= 0.6 is 11.3 Å². The number of thiophene rings is 1. The van der Waals surface area contributed by atoms with Gasteiger partial charge in [-0.2, -0.15) is 0 Å². The molecule has 0 saturated heterocycles. The Morgan fingerprint density at radius 1 is 0.971 bits per heavy atom. The van der Waals surface area contributed by atoms with Gasteiger partial charge in [-0.05, 0) is 73.7 Å². The largest absolute Gasteiger partial charge is 0.332 e. The Balaban J connectivity index is 1.49. The Morgan fingerprint density at radius 2 is 1.74 bits per heavy atom. The van der Waals surface area contributed by atoms with Crippen molar-refractivity contribution >= 4 is 29.0 Å². The Bertz CT molecular complexity index is 1140. The highest BCUT2D eigenvalue weighted by Crippen LogP contribution is 2.30. The second kappa shape index (κ2) is 10.8. The third kappa shape index (κ3) is 6.87. The number of nitrogens with zero attached hydrogens (tertiary/aromatic N) is 2. The number of rotatable bonds is 9. The first-order valence-corrected chi connectivity index (χ1v) is 12.1. The summed E-state index contributed by atoms with van der Waals surface area (Å²) in [5.41, 5.74) is 1.15. The van der Waals surface area contributed by atoms with Gasteiger partial charge in [0.05, 0.1) is 6.54 Å². The minimum atomic E-state index is -0.445. The third-order valence-electron chi connectivity index (χ3n) is 5.65. The lowest BCUT2D eigenvalue weighted by molar-refractivity contribution is -0.133. The molecule has 0 unspecified atom stereocenters. The van der Waals surface area contributed by atoms with Crippen LogP contribution in [0.1, 0.15) is 28.2 Å². The smallest absolute Gasteiger partial charge is 0.322 e. The van der Waals surface area contributed by atoms with Crippen molar-refractivity contribution in [1.82, 2.24) is 9.80 Å². The van der Waals surface area contributed by atoms with E-state index in [9.17, 15) is 18.4 Å². The van der Waals surface area contributed by atoms with Crippen LogP contribution in [0.3, 0.4) is 0 Å². The molecule has 2 aromatic carbocycles. The molecule has 0 spiro atoms. The van der Waals surface area contributed by atoms with Crippen molar-refractivity contribution in [3.63, 3.8) is 0 Å². The molecule has 0 bridgehead atoms. The first-order chi connectivity index (χ1) is 16.4. The second-order valence-corrected chi connectivity index (χ2v) is 10.0. The van der Waals surface area contributed by atoms with E-state index in [1.54, 1.807) is 34.4 Å². The highest BCUT2D eigenvalue weighted by Gasteiger charge is 2.29. The molecule has 5 nitrogen and oxygen atoms in total. The van der Waals surface area contributed by atoms with Crippen LogP contribution in [0, 0.1) is 24.5 Å². The van der Waals surface area contributed by atoms with Crippen molar-refractivity contribution < 1.29 is 18.4 Å². The molecule has 0 radical (unpaired) electrons. The van der Waals surface area contributed by atoms with Gasteiger partial charge >= 0.3 is 6.03 Å². The average molecular weight is 484 g/mol. The van der Waals surface area contributed by atoms with Crippen LogP contribution in [0.15, 0.2) is 60.7 Å². The highest BCUT2D eigenvalue weighted by atomic mass is 32.1. The van der Waals surface area contributed by atoms with E-state index in [0.29, 0.717) is 31.2 Å². The number of hydrogen-bond donors (Lipinski definition) is 1. The number of benzene rings is 2. The molecule has 178 valence electrons. The lowest BCUT2D eigenvalue weighted by atomic mass is 10.2. The standard InChI is InChI=1S/C26H27F2N3O2S/c1-18-5-12-24(34-18)16-30(14-20-8-10-21(27)11-9-20)25(32)17-31(15-19-6-7-19)26(33)29-23-4-2-3-22(28)13-23/h2-5,8-13,19H,6-7,14-17H2,1H3,(H,29,33). The zero-order valence-electron chi connectivity index (χ0n) is 19.0. The summed E-state index contributed by atoms with van der Waals surface area (Å²) in [5.74, 6) is -0.610. The molecule has 1 aliphatic rings. The Morgan fingerprint density at radius 3 is 2.38 bits per heavy atom.